The van der Waals surface area contributed by atoms with Crippen molar-refractivity contribution in [1.82, 2.24) is 9.80 Å². The summed E-state index contributed by atoms with van der Waals surface area (Å²) in [6.07, 6.45) is -0.414. The van der Waals surface area contributed by atoms with Gasteiger partial charge in [-0.15, -0.1) is 0 Å². The number of β-amino-alcohol motifs (C(OH)–C–C–N with tert-alkyl or cyclic N) is 1. The molecule has 1 fully saturated rings. The van der Waals surface area contributed by atoms with Gasteiger partial charge in [0.1, 0.15) is 6.23 Å². The predicted molar refractivity (Wildman–Crippen MR) is 39.0 cm³/mol. The summed E-state index contributed by atoms with van der Waals surface area (Å²) in [5.41, 5.74) is 0. The maximum atomic E-state index is 9.14. The first-order valence-electron chi connectivity index (χ1n) is 2.79. The zero-order chi connectivity index (χ0) is 7.02. The summed E-state index contributed by atoms with van der Waals surface area (Å²) in [5.74, 6) is 0. The maximum absolute atomic E-state index is 9.14. The Kier molecular flexibility index (Phi) is 1.59. The first-order chi connectivity index (χ1) is 4.13. The molecule has 0 aromatic rings. The summed E-state index contributed by atoms with van der Waals surface area (Å²) >= 11 is 4.93. The number of aliphatic hydroxyl groups is 1. The van der Waals surface area contributed by atoms with E-state index in [1.165, 1.54) is 0 Å². The van der Waals surface area contributed by atoms with Crippen LogP contribution in [0.1, 0.15) is 0 Å². The van der Waals surface area contributed by atoms with E-state index in [0.29, 0.717) is 11.7 Å². The van der Waals surface area contributed by atoms with Gasteiger partial charge in [-0.1, -0.05) is 0 Å². The number of thiocarbonyl (C=S) groups is 1. The smallest absolute Gasteiger partial charge is 0.173 e. The van der Waals surface area contributed by atoms with Crippen LogP contribution in [0.4, 0.5) is 0 Å². The Balaban J connectivity index is 2.65. The molecule has 0 saturated carbocycles. The average molecular weight is 146 g/mol. The molecule has 1 saturated heterocycles. The monoisotopic (exact) mass is 146 g/mol. The molecular formula is C5H10N2OS. The minimum atomic E-state index is -0.414. The summed E-state index contributed by atoms with van der Waals surface area (Å²) in [5, 5.41) is 9.85. The van der Waals surface area contributed by atoms with Gasteiger partial charge in [0, 0.05) is 14.1 Å². The molecule has 52 valence electrons. The van der Waals surface area contributed by atoms with Gasteiger partial charge < -0.3 is 14.9 Å². The first kappa shape index (κ1) is 6.77. The van der Waals surface area contributed by atoms with Crippen molar-refractivity contribution in [3.8, 4) is 0 Å². The lowest BCUT2D eigenvalue weighted by Gasteiger charge is -2.13. The van der Waals surface area contributed by atoms with Crippen molar-refractivity contribution < 1.29 is 5.11 Å². The zero-order valence-electron chi connectivity index (χ0n) is 5.53. The quantitative estimate of drug-likeness (QED) is 0.465. The van der Waals surface area contributed by atoms with Crippen LogP contribution in [0.5, 0.6) is 0 Å². The molecule has 0 aromatic heterocycles. The third-order valence-corrected chi connectivity index (χ3v) is 2.11. The van der Waals surface area contributed by atoms with Gasteiger partial charge in [0.05, 0.1) is 6.54 Å². The van der Waals surface area contributed by atoms with Gasteiger partial charge in [0.2, 0.25) is 0 Å². The molecule has 0 aromatic carbocycles. The molecule has 0 radical (unpaired) electrons. The topological polar surface area (TPSA) is 26.7 Å². The van der Waals surface area contributed by atoms with Crippen LogP contribution in [0, 0.1) is 0 Å². The number of hydrogen-bond acceptors (Lipinski definition) is 2. The molecule has 1 unspecified atom stereocenters. The lowest BCUT2D eigenvalue weighted by molar-refractivity contribution is 0.0893. The van der Waals surface area contributed by atoms with Gasteiger partial charge in [-0.3, -0.25) is 0 Å². The minimum absolute atomic E-state index is 0.414. The van der Waals surface area contributed by atoms with Crippen LogP contribution in [0.2, 0.25) is 0 Å². The van der Waals surface area contributed by atoms with E-state index < -0.39 is 6.23 Å². The van der Waals surface area contributed by atoms with Gasteiger partial charge in [0.15, 0.2) is 5.11 Å². The SMILES string of the molecule is CN1CC(O)N(C)C1=S. The van der Waals surface area contributed by atoms with Crippen molar-refractivity contribution in [3.63, 3.8) is 0 Å². The molecule has 3 nitrogen and oxygen atoms in total. The predicted octanol–water partition coefficient (Wildman–Crippen LogP) is -0.533. The Bertz CT molecular complexity index is 139. The lowest BCUT2D eigenvalue weighted by Crippen LogP contribution is -2.29. The van der Waals surface area contributed by atoms with E-state index in [9.17, 15) is 0 Å². The Hall–Kier alpha value is -0.350. The van der Waals surface area contributed by atoms with E-state index in [1.54, 1.807) is 11.9 Å². The zero-order valence-corrected chi connectivity index (χ0v) is 6.35. The third kappa shape index (κ3) is 0.997. The normalized spacial score (nSPS) is 27.9. The number of nitrogens with zero attached hydrogens (tertiary/aromatic N) is 2. The van der Waals surface area contributed by atoms with Crippen LogP contribution in [0.15, 0.2) is 0 Å². The molecule has 1 aliphatic heterocycles. The Morgan fingerprint density at radius 2 is 2.22 bits per heavy atom. The Morgan fingerprint density at radius 3 is 2.33 bits per heavy atom. The van der Waals surface area contributed by atoms with Crippen molar-refractivity contribution in [2.45, 2.75) is 6.23 Å². The van der Waals surface area contributed by atoms with Crippen LogP contribution < -0.4 is 0 Å². The fourth-order valence-electron chi connectivity index (χ4n) is 0.842. The van der Waals surface area contributed by atoms with Crippen molar-refractivity contribution in [1.29, 1.82) is 0 Å². The summed E-state index contributed by atoms with van der Waals surface area (Å²) in [4.78, 5) is 3.52. The fraction of sp³-hybridized carbons (Fsp3) is 0.800. The van der Waals surface area contributed by atoms with Crippen LogP contribution in [0.25, 0.3) is 0 Å². The average Bonchev–Trinajstić information content (AvgIpc) is 1.98. The first-order valence-corrected chi connectivity index (χ1v) is 3.19. The number of aliphatic hydroxyl groups excluding tert-OH is 1. The summed E-state index contributed by atoms with van der Waals surface area (Å²) in [7, 11) is 3.66. The van der Waals surface area contributed by atoms with Gasteiger partial charge in [-0.25, -0.2) is 0 Å². The highest BCUT2D eigenvalue weighted by Crippen LogP contribution is 2.08. The number of hydrogen-bond donors (Lipinski definition) is 1. The second kappa shape index (κ2) is 2.11. The summed E-state index contributed by atoms with van der Waals surface area (Å²) in [6, 6.07) is 0. The molecule has 4 heteroatoms. The molecule has 1 atom stereocenters. The van der Waals surface area contributed by atoms with Crippen LogP contribution in [0.3, 0.4) is 0 Å². The summed E-state index contributed by atoms with van der Waals surface area (Å²) < 4.78 is 0. The van der Waals surface area contributed by atoms with E-state index in [1.807, 2.05) is 11.9 Å². The fourth-order valence-corrected chi connectivity index (χ4v) is 1.04. The molecule has 9 heavy (non-hydrogen) atoms. The molecule has 1 N–H and O–H groups in total. The van der Waals surface area contributed by atoms with E-state index in [-0.39, 0.29) is 0 Å². The lowest BCUT2D eigenvalue weighted by atomic mass is 10.6. The van der Waals surface area contributed by atoms with Crippen LogP contribution >= 0.6 is 12.2 Å². The van der Waals surface area contributed by atoms with Crippen LogP contribution in [-0.4, -0.2) is 46.9 Å². The highest BCUT2D eigenvalue weighted by atomic mass is 32.1. The third-order valence-electron chi connectivity index (χ3n) is 1.51. The standard InChI is InChI=1S/C5H10N2OS/c1-6-3-4(8)7(2)5(6)9/h4,8H,3H2,1-2H3. The molecule has 1 rings (SSSR count). The molecular weight excluding hydrogens is 136 g/mol. The molecule has 0 spiro atoms. The Morgan fingerprint density at radius 1 is 1.67 bits per heavy atom. The second-order valence-corrected chi connectivity index (χ2v) is 2.62. The number of likely N-dealkylation sites (N-methyl/N-ethyl adjacent to an activating group) is 2. The summed E-state index contributed by atoms with van der Waals surface area (Å²) in [6.45, 7) is 0.620. The second-order valence-electron chi connectivity index (χ2n) is 2.25. The van der Waals surface area contributed by atoms with Gasteiger partial charge in [-0.05, 0) is 12.2 Å². The highest BCUT2D eigenvalue weighted by Gasteiger charge is 2.26. The largest absolute Gasteiger partial charge is 0.372 e. The van der Waals surface area contributed by atoms with Gasteiger partial charge >= 0.3 is 0 Å². The maximum Gasteiger partial charge on any atom is 0.173 e. The van der Waals surface area contributed by atoms with Gasteiger partial charge in [0.25, 0.3) is 0 Å². The van der Waals surface area contributed by atoms with Gasteiger partial charge in [-0.2, -0.15) is 0 Å². The van der Waals surface area contributed by atoms with Crippen molar-refractivity contribution >= 4 is 17.3 Å². The highest BCUT2D eigenvalue weighted by molar-refractivity contribution is 7.80. The molecule has 1 heterocycles. The van der Waals surface area contributed by atoms with E-state index in [2.05, 4.69) is 0 Å². The molecule has 0 aliphatic carbocycles. The molecule has 0 amide bonds. The van der Waals surface area contributed by atoms with E-state index >= 15 is 0 Å². The molecule has 0 bridgehead atoms. The van der Waals surface area contributed by atoms with Crippen molar-refractivity contribution in [2.75, 3.05) is 20.6 Å². The van der Waals surface area contributed by atoms with E-state index in [0.717, 1.165) is 0 Å². The number of rotatable bonds is 0. The molecule has 1 aliphatic rings. The van der Waals surface area contributed by atoms with E-state index in [4.69, 9.17) is 17.3 Å². The Labute approximate surface area is 59.9 Å². The van der Waals surface area contributed by atoms with Crippen LogP contribution in [-0.2, 0) is 0 Å². The van der Waals surface area contributed by atoms with Crippen molar-refractivity contribution in [2.24, 2.45) is 0 Å². The minimum Gasteiger partial charge on any atom is -0.372 e. The van der Waals surface area contributed by atoms with Crippen molar-refractivity contribution in [3.05, 3.63) is 0 Å².